The van der Waals surface area contributed by atoms with Crippen LogP contribution in [-0.4, -0.2) is 16.4 Å². The van der Waals surface area contributed by atoms with Crippen LogP contribution in [0.1, 0.15) is 77.4 Å². The van der Waals surface area contributed by atoms with Gasteiger partial charge in [-0.2, -0.15) is 0 Å². The SMILES string of the molecule is CCCCn1c2c(cc(C(=O)Nc3ccccc3C(N)=O)c1=O)CCCCCC2. The van der Waals surface area contributed by atoms with E-state index in [-0.39, 0.29) is 16.7 Å². The Hall–Kier alpha value is -2.89. The number of aromatic nitrogens is 1. The zero-order valence-electron chi connectivity index (χ0n) is 17.0. The average Bonchev–Trinajstić information content (AvgIpc) is 2.68. The first-order chi connectivity index (χ1) is 14.0. The van der Waals surface area contributed by atoms with Gasteiger partial charge in [-0.05, 0) is 55.9 Å². The maximum Gasteiger partial charge on any atom is 0.263 e. The summed E-state index contributed by atoms with van der Waals surface area (Å²) in [5.74, 6) is -1.13. The number of para-hydroxylation sites is 1. The van der Waals surface area contributed by atoms with Crippen molar-refractivity contribution in [1.82, 2.24) is 4.57 Å². The van der Waals surface area contributed by atoms with Crippen LogP contribution in [0.3, 0.4) is 0 Å². The highest BCUT2D eigenvalue weighted by atomic mass is 16.2. The second kappa shape index (κ2) is 9.54. The lowest BCUT2D eigenvalue weighted by molar-refractivity contribution is 0.100. The van der Waals surface area contributed by atoms with Crippen molar-refractivity contribution in [2.45, 2.75) is 64.8 Å². The van der Waals surface area contributed by atoms with E-state index < -0.39 is 11.8 Å². The molecule has 29 heavy (non-hydrogen) atoms. The number of fused-ring (bicyclic) bond motifs is 1. The molecule has 1 aromatic carbocycles. The predicted molar refractivity (Wildman–Crippen MR) is 114 cm³/mol. The molecular weight excluding hydrogens is 366 g/mol. The largest absolute Gasteiger partial charge is 0.366 e. The molecule has 0 bridgehead atoms. The second-order valence-corrected chi connectivity index (χ2v) is 7.62. The van der Waals surface area contributed by atoms with Gasteiger partial charge in [0.05, 0.1) is 11.3 Å². The number of nitrogens with zero attached hydrogens (tertiary/aromatic N) is 1. The number of hydrogen-bond acceptors (Lipinski definition) is 3. The minimum Gasteiger partial charge on any atom is -0.366 e. The summed E-state index contributed by atoms with van der Waals surface area (Å²) < 4.78 is 1.80. The van der Waals surface area contributed by atoms with Gasteiger partial charge in [-0.15, -0.1) is 0 Å². The lowest BCUT2D eigenvalue weighted by atomic mass is 9.95. The van der Waals surface area contributed by atoms with Crippen LogP contribution in [0.25, 0.3) is 0 Å². The Morgan fingerprint density at radius 3 is 2.52 bits per heavy atom. The van der Waals surface area contributed by atoms with Crippen LogP contribution in [0.2, 0.25) is 0 Å². The second-order valence-electron chi connectivity index (χ2n) is 7.62. The molecule has 1 aliphatic rings. The molecule has 0 fully saturated rings. The van der Waals surface area contributed by atoms with Crippen molar-refractivity contribution in [3.05, 3.63) is 63.1 Å². The van der Waals surface area contributed by atoms with Crippen LogP contribution in [0.4, 0.5) is 5.69 Å². The first kappa shape index (κ1) is 20.8. The lowest BCUT2D eigenvalue weighted by Crippen LogP contribution is -2.33. The summed E-state index contributed by atoms with van der Waals surface area (Å²) in [5.41, 5.74) is 7.98. The van der Waals surface area contributed by atoms with E-state index in [2.05, 4.69) is 12.2 Å². The number of amides is 2. The van der Waals surface area contributed by atoms with Crippen molar-refractivity contribution in [2.24, 2.45) is 5.73 Å². The molecule has 0 atom stereocenters. The van der Waals surface area contributed by atoms with Gasteiger partial charge in [-0.25, -0.2) is 0 Å². The Labute approximate surface area is 171 Å². The molecule has 154 valence electrons. The summed E-state index contributed by atoms with van der Waals surface area (Å²) in [6.45, 7) is 2.71. The first-order valence-corrected chi connectivity index (χ1v) is 10.5. The predicted octanol–water partition coefficient (Wildman–Crippen LogP) is 3.66. The van der Waals surface area contributed by atoms with Gasteiger partial charge in [0.2, 0.25) is 0 Å². The number of nitrogens with one attached hydrogen (secondary N) is 1. The van der Waals surface area contributed by atoms with Crippen molar-refractivity contribution in [3.8, 4) is 0 Å². The van der Waals surface area contributed by atoms with Gasteiger partial charge in [0.15, 0.2) is 0 Å². The average molecular weight is 396 g/mol. The third kappa shape index (κ3) is 4.75. The number of nitrogens with two attached hydrogens (primary N) is 1. The molecule has 3 N–H and O–H groups in total. The third-order valence-electron chi connectivity index (χ3n) is 5.52. The minimum absolute atomic E-state index is 0.125. The summed E-state index contributed by atoms with van der Waals surface area (Å²) in [7, 11) is 0. The molecule has 1 aliphatic carbocycles. The number of carbonyl (C=O) groups excluding carboxylic acids is 2. The quantitative estimate of drug-likeness (QED) is 0.781. The molecule has 6 nitrogen and oxygen atoms in total. The maximum atomic E-state index is 13.2. The molecule has 2 amide bonds. The Kier molecular flexibility index (Phi) is 6.86. The maximum absolute atomic E-state index is 13.2. The van der Waals surface area contributed by atoms with Crippen molar-refractivity contribution in [1.29, 1.82) is 0 Å². The summed E-state index contributed by atoms with van der Waals surface area (Å²) >= 11 is 0. The smallest absolute Gasteiger partial charge is 0.263 e. The molecule has 0 aliphatic heterocycles. The molecule has 0 unspecified atom stereocenters. The molecule has 0 spiro atoms. The van der Waals surface area contributed by atoms with Crippen LogP contribution in [0.15, 0.2) is 35.1 Å². The summed E-state index contributed by atoms with van der Waals surface area (Å²) in [4.78, 5) is 37.9. The number of aryl methyl sites for hydroxylation is 1. The molecule has 0 saturated carbocycles. The van der Waals surface area contributed by atoms with Crippen LogP contribution in [0, 0.1) is 0 Å². The van der Waals surface area contributed by atoms with Gasteiger partial charge >= 0.3 is 0 Å². The van der Waals surface area contributed by atoms with E-state index in [4.69, 9.17) is 5.73 Å². The molecule has 0 radical (unpaired) electrons. The van der Waals surface area contributed by atoms with E-state index in [1.807, 2.05) is 0 Å². The van der Waals surface area contributed by atoms with Crippen molar-refractivity contribution < 1.29 is 9.59 Å². The number of anilines is 1. The van der Waals surface area contributed by atoms with E-state index >= 15 is 0 Å². The van der Waals surface area contributed by atoms with Gasteiger partial charge in [0.1, 0.15) is 5.56 Å². The fourth-order valence-corrected chi connectivity index (χ4v) is 3.95. The minimum atomic E-state index is -0.626. The van der Waals surface area contributed by atoms with Gasteiger partial charge in [-0.3, -0.25) is 14.4 Å². The highest BCUT2D eigenvalue weighted by molar-refractivity contribution is 6.08. The molecule has 2 aromatic rings. The lowest BCUT2D eigenvalue weighted by Gasteiger charge is -2.21. The number of pyridine rings is 1. The highest BCUT2D eigenvalue weighted by Gasteiger charge is 2.21. The van der Waals surface area contributed by atoms with Gasteiger partial charge in [0.25, 0.3) is 17.4 Å². The van der Waals surface area contributed by atoms with E-state index in [0.29, 0.717) is 12.2 Å². The van der Waals surface area contributed by atoms with E-state index in [9.17, 15) is 14.4 Å². The van der Waals surface area contributed by atoms with Crippen LogP contribution < -0.4 is 16.6 Å². The first-order valence-electron chi connectivity index (χ1n) is 10.5. The Bertz CT molecular complexity index is 962. The third-order valence-corrected chi connectivity index (χ3v) is 5.52. The topological polar surface area (TPSA) is 94.2 Å². The molecular formula is C23H29N3O3. The molecule has 1 aromatic heterocycles. The normalized spacial score (nSPS) is 13.8. The van der Waals surface area contributed by atoms with Crippen molar-refractivity contribution >= 4 is 17.5 Å². The Balaban J connectivity index is 2.02. The van der Waals surface area contributed by atoms with Gasteiger partial charge < -0.3 is 15.6 Å². The number of hydrogen-bond donors (Lipinski definition) is 2. The number of unbranched alkanes of at least 4 members (excludes halogenated alkanes) is 1. The summed E-state index contributed by atoms with van der Waals surface area (Å²) in [6.07, 6.45) is 8.08. The summed E-state index contributed by atoms with van der Waals surface area (Å²) in [6, 6.07) is 8.31. The zero-order valence-corrected chi connectivity index (χ0v) is 17.0. The standard InChI is InChI=1S/C23H29N3O3/c1-2-3-14-26-20-13-7-5-4-6-10-16(20)15-18(23(26)29)22(28)25-19-12-9-8-11-17(19)21(24)27/h8-9,11-12,15H,2-7,10,13-14H2,1H3,(H2,24,27)(H,25,28). The van der Waals surface area contributed by atoms with E-state index in [0.717, 1.165) is 49.8 Å². The van der Waals surface area contributed by atoms with Gasteiger partial charge in [0, 0.05) is 12.2 Å². The number of rotatable bonds is 6. The molecule has 1 heterocycles. The molecule has 6 heteroatoms. The van der Waals surface area contributed by atoms with Gasteiger partial charge in [-0.1, -0.05) is 38.3 Å². The molecule has 3 rings (SSSR count). The number of benzene rings is 1. The summed E-state index contributed by atoms with van der Waals surface area (Å²) in [5, 5.41) is 2.71. The fourth-order valence-electron chi connectivity index (χ4n) is 3.95. The van der Waals surface area contributed by atoms with Crippen LogP contribution in [-0.2, 0) is 19.4 Å². The monoisotopic (exact) mass is 395 g/mol. The van der Waals surface area contributed by atoms with E-state index in [1.54, 1.807) is 34.9 Å². The van der Waals surface area contributed by atoms with Crippen LogP contribution >= 0.6 is 0 Å². The van der Waals surface area contributed by atoms with Crippen molar-refractivity contribution in [3.63, 3.8) is 0 Å². The number of carbonyl (C=O) groups is 2. The highest BCUT2D eigenvalue weighted by Crippen LogP contribution is 2.21. The Morgan fingerprint density at radius 2 is 1.79 bits per heavy atom. The van der Waals surface area contributed by atoms with Crippen LogP contribution in [0.5, 0.6) is 0 Å². The zero-order chi connectivity index (χ0) is 20.8. The molecule has 0 saturated heterocycles. The Morgan fingerprint density at radius 1 is 1.07 bits per heavy atom. The van der Waals surface area contributed by atoms with E-state index in [1.165, 1.54) is 12.8 Å². The fraction of sp³-hybridized carbons (Fsp3) is 0.435. The van der Waals surface area contributed by atoms with Crippen molar-refractivity contribution in [2.75, 3.05) is 5.32 Å². The number of primary amides is 1.